The van der Waals surface area contributed by atoms with Gasteiger partial charge >= 0.3 is 0 Å². The lowest BCUT2D eigenvalue weighted by Gasteiger charge is -2.21. The molecule has 1 unspecified atom stereocenters. The lowest BCUT2D eigenvalue weighted by atomic mass is 10.0. The van der Waals surface area contributed by atoms with E-state index in [1.807, 2.05) is 11.9 Å². The van der Waals surface area contributed by atoms with E-state index in [1.165, 1.54) is 11.1 Å². The molecule has 3 heteroatoms. The summed E-state index contributed by atoms with van der Waals surface area (Å²) in [6.07, 6.45) is 0.875. The number of rotatable bonds is 4. The van der Waals surface area contributed by atoms with Crippen LogP contribution in [0, 0.1) is 19.8 Å². The van der Waals surface area contributed by atoms with Crippen LogP contribution in [0.3, 0.4) is 0 Å². The minimum Gasteiger partial charge on any atom is -0.381 e. The number of hydrogen-bond donors (Lipinski definition) is 0. The molecule has 18 heavy (non-hydrogen) atoms. The number of nitrogens with zero attached hydrogens (tertiary/aromatic N) is 1. The summed E-state index contributed by atoms with van der Waals surface area (Å²) in [5.41, 5.74) is 3.57. The van der Waals surface area contributed by atoms with E-state index in [9.17, 15) is 4.79 Å². The van der Waals surface area contributed by atoms with Crippen molar-refractivity contribution in [3.8, 4) is 0 Å². The van der Waals surface area contributed by atoms with E-state index in [2.05, 4.69) is 32.0 Å². The monoisotopic (exact) mass is 247 g/mol. The summed E-state index contributed by atoms with van der Waals surface area (Å²) >= 11 is 0. The second kappa shape index (κ2) is 5.53. The number of likely N-dealkylation sites (N-methyl/N-ethyl adjacent to an activating group) is 1. The summed E-state index contributed by atoms with van der Waals surface area (Å²) in [6.45, 7) is 5.95. The summed E-state index contributed by atoms with van der Waals surface area (Å²) in [4.78, 5) is 14.1. The molecule has 0 aromatic heterocycles. The molecule has 0 bridgehead atoms. The van der Waals surface area contributed by atoms with Crippen LogP contribution in [0.2, 0.25) is 0 Å². The highest BCUT2D eigenvalue weighted by atomic mass is 16.5. The third kappa shape index (κ3) is 3.10. The standard InChI is InChI=1S/C15H21NO2/c1-11-6-12(2)8-14(7-11)16(3)9-15(17)13-4-5-18-10-13/h6-8,13H,4-5,9-10H2,1-3H3. The number of carbonyl (C=O) groups is 1. The average molecular weight is 247 g/mol. The van der Waals surface area contributed by atoms with Gasteiger partial charge in [0, 0.05) is 25.3 Å². The van der Waals surface area contributed by atoms with Crippen molar-refractivity contribution >= 4 is 11.5 Å². The SMILES string of the molecule is Cc1cc(C)cc(N(C)CC(=O)C2CCOC2)c1. The van der Waals surface area contributed by atoms with Gasteiger partial charge in [-0.1, -0.05) is 6.07 Å². The van der Waals surface area contributed by atoms with Gasteiger partial charge in [-0.3, -0.25) is 4.79 Å². The molecule has 1 aliphatic rings. The lowest BCUT2D eigenvalue weighted by molar-refractivity contribution is -0.121. The molecule has 0 saturated carbocycles. The molecule has 1 aromatic rings. The van der Waals surface area contributed by atoms with Crippen LogP contribution in [-0.2, 0) is 9.53 Å². The van der Waals surface area contributed by atoms with Crippen LogP contribution in [-0.4, -0.2) is 32.6 Å². The fourth-order valence-electron chi connectivity index (χ4n) is 2.41. The van der Waals surface area contributed by atoms with Crippen molar-refractivity contribution in [3.05, 3.63) is 29.3 Å². The third-order valence-electron chi connectivity index (χ3n) is 3.43. The van der Waals surface area contributed by atoms with Crippen LogP contribution in [0.1, 0.15) is 17.5 Å². The van der Waals surface area contributed by atoms with Gasteiger partial charge in [0.05, 0.1) is 13.2 Å². The number of aryl methyl sites for hydroxylation is 2. The fraction of sp³-hybridized carbons (Fsp3) is 0.533. The topological polar surface area (TPSA) is 29.5 Å². The zero-order chi connectivity index (χ0) is 13.1. The molecule has 1 fully saturated rings. The third-order valence-corrected chi connectivity index (χ3v) is 3.43. The molecule has 2 rings (SSSR count). The number of ether oxygens (including phenoxy) is 1. The Balaban J connectivity index is 2.02. The number of anilines is 1. The summed E-state index contributed by atoms with van der Waals surface area (Å²) in [5.74, 6) is 0.382. The molecular formula is C15H21NO2. The molecule has 0 spiro atoms. The molecule has 98 valence electrons. The van der Waals surface area contributed by atoms with Crippen molar-refractivity contribution < 1.29 is 9.53 Å². The smallest absolute Gasteiger partial charge is 0.157 e. The number of carbonyl (C=O) groups excluding carboxylic acids is 1. The highest BCUT2D eigenvalue weighted by molar-refractivity contribution is 5.86. The summed E-state index contributed by atoms with van der Waals surface area (Å²) in [7, 11) is 1.97. The van der Waals surface area contributed by atoms with Crippen LogP contribution >= 0.6 is 0 Å². The Hall–Kier alpha value is -1.35. The molecule has 1 heterocycles. The fourth-order valence-corrected chi connectivity index (χ4v) is 2.41. The van der Waals surface area contributed by atoms with Crippen molar-refractivity contribution in [1.82, 2.24) is 0 Å². The van der Waals surface area contributed by atoms with Crippen molar-refractivity contribution in [2.75, 3.05) is 31.7 Å². The normalized spacial score (nSPS) is 18.9. The molecule has 1 atom stereocenters. The van der Waals surface area contributed by atoms with Crippen LogP contribution < -0.4 is 4.90 Å². The van der Waals surface area contributed by atoms with E-state index in [0.29, 0.717) is 13.2 Å². The van der Waals surface area contributed by atoms with E-state index in [-0.39, 0.29) is 11.7 Å². The van der Waals surface area contributed by atoms with Crippen LogP contribution in [0.15, 0.2) is 18.2 Å². The number of ketones is 1. The van der Waals surface area contributed by atoms with Gasteiger partial charge in [-0.15, -0.1) is 0 Å². The first-order chi connectivity index (χ1) is 8.56. The lowest BCUT2D eigenvalue weighted by Crippen LogP contribution is -2.30. The number of benzene rings is 1. The molecule has 0 amide bonds. The summed E-state index contributed by atoms with van der Waals surface area (Å²) in [6, 6.07) is 6.38. The van der Waals surface area contributed by atoms with Gasteiger partial charge in [-0.2, -0.15) is 0 Å². The van der Waals surface area contributed by atoms with Crippen LogP contribution in [0.25, 0.3) is 0 Å². The second-order valence-corrected chi connectivity index (χ2v) is 5.23. The quantitative estimate of drug-likeness (QED) is 0.818. The predicted octanol–water partition coefficient (Wildman–Crippen LogP) is 2.35. The van der Waals surface area contributed by atoms with E-state index >= 15 is 0 Å². The highest BCUT2D eigenvalue weighted by Crippen LogP contribution is 2.19. The minimum atomic E-state index is 0.0957. The van der Waals surface area contributed by atoms with Crippen molar-refractivity contribution in [1.29, 1.82) is 0 Å². The van der Waals surface area contributed by atoms with Crippen LogP contribution in [0.4, 0.5) is 5.69 Å². The van der Waals surface area contributed by atoms with E-state index in [4.69, 9.17) is 4.74 Å². The van der Waals surface area contributed by atoms with Crippen molar-refractivity contribution in [3.63, 3.8) is 0 Å². The predicted molar refractivity (Wildman–Crippen MR) is 73.1 cm³/mol. The maximum atomic E-state index is 12.1. The Kier molecular flexibility index (Phi) is 4.02. The average Bonchev–Trinajstić information content (AvgIpc) is 2.80. The van der Waals surface area contributed by atoms with Crippen molar-refractivity contribution in [2.45, 2.75) is 20.3 Å². The van der Waals surface area contributed by atoms with E-state index in [0.717, 1.165) is 18.7 Å². The number of Topliss-reactive ketones (excluding diaryl/α,β-unsaturated/α-hetero) is 1. The molecule has 3 nitrogen and oxygen atoms in total. The molecule has 0 N–H and O–H groups in total. The number of hydrogen-bond acceptors (Lipinski definition) is 3. The van der Waals surface area contributed by atoms with Gasteiger partial charge in [-0.05, 0) is 43.5 Å². The van der Waals surface area contributed by atoms with Gasteiger partial charge in [0.25, 0.3) is 0 Å². The molecular weight excluding hydrogens is 226 g/mol. The van der Waals surface area contributed by atoms with E-state index < -0.39 is 0 Å². The Morgan fingerprint density at radius 3 is 2.56 bits per heavy atom. The Morgan fingerprint density at radius 2 is 2.00 bits per heavy atom. The maximum Gasteiger partial charge on any atom is 0.157 e. The van der Waals surface area contributed by atoms with Crippen LogP contribution in [0.5, 0.6) is 0 Å². The first-order valence-electron chi connectivity index (χ1n) is 6.46. The van der Waals surface area contributed by atoms with Gasteiger partial charge in [0.15, 0.2) is 5.78 Å². The molecule has 1 saturated heterocycles. The zero-order valence-corrected chi connectivity index (χ0v) is 11.4. The van der Waals surface area contributed by atoms with Gasteiger partial charge < -0.3 is 9.64 Å². The zero-order valence-electron chi connectivity index (χ0n) is 11.4. The molecule has 1 aliphatic heterocycles. The Morgan fingerprint density at radius 1 is 1.33 bits per heavy atom. The Labute approximate surface area is 109 Å². The Bertz CT molecular complexity index is 416. The van der Waals surface area contributed by atoms with E-state index in [1.54, 1.807) is 0 Å². The van der Waals surface area contributed by atoms with Gasteiger partial charge in [-0.25, -0.2) is 0 Å². The molecule has 1 aromatic carbocycles. The maximum absolute atomic E-state index is 12.1. The first kappa shape index (κ1) is 13.1. The molecule has 0 aliphatic carbocycles. The first-order valence-corrected chi connectivity index (χ1v) is 6.46. The highest BCUT2D eigenvalue weighted by Gasteiger charge is 2.24. The second-order valence-electron chi connectivity index (χ2n) is 5.23. The van der Waals surface area contributed by atoms with Gasteiger partial charge in [0.1, 0.15) is 0 Å². The van der Waals surface area contributed by atoms with Crippen molar-refractivity contribution in [2.24, 2.45) is 5.92 Å². The summed E-state index contributed by atoms with van der Waals surface area (Å²) < 4.78 is 5.26. The van der Waals surface area contributed by atoms with Gasteiger partial charge in [0.2, 0.25) is 0 Å². The summed E-state index contributed by atoms with van der Waals surface area (Å²) in [5, 5.41) is 0. The molecule has 0 radical (unpaired) electrons. The largest absolute Gasteiger partial charge is 0.381 e. The minimum absolute atomic E-state index is 0.0957.